The molecular formula is C19H19ClN4O2. The molecule has 1 N–H and O–H groups in total. The molecule has 1 aliphatic heterocycles. The van der Waals surface area contributed by atoms with Gasteiger partial charge >= 0.3 is 0 Å². The maximum absolute atomic E-state index is 12.7. The van der Waals surface area contributed by atoms with Gasteiger partial charge in [-0.1, -0.05) is 23.7 Å². The molecule has 7 heteroatoms. The summed E-state index contributed by atoms with van der Waals surface area (Å²) in [4.78, 5) is 18.9. The molecule has 4 rings (SSSR count). The van der Waals surface area contributed by atoms with Gasteiger partial charge < -0.3 is 9.32 Å². The topological polar surface area (TPSA) is 75.0 Å². The molecule has 1 saturated heterocycles. The van der Waals surface area contributed by atoms with Gasteiger partial charge in [-0.15, -0.1) is 0 Å². The molecule has 0 bridgehead atoms. The first kappa shape index (κ1) is 16.8. The Bertz CT molecular complexity index is 891. The predicted octanol–water partition coefficient (Wildman–Crippen LogP) is 4.01. The van der Waals surface area contributed by atoms with Crippen molar-refractivity contribution >= 4 is 17.5 Å². The standard InChI is InChI=1S/C19H19ClN4O2/c20-14-5-2-1-4-13(14)17-12-21-18(26-17)7-8-19(25)24-11-3-6-16(24)15-9-10-22-23-15/h1-2,4-5,9-10,12,16H,3,6-8,11H2,(H,22,23). The van der Waals surface area contributed by atoms with E-state index in [0.29, 0.717) is 29.5 Å². The quantitative estimate of drug-likeness (QED) is 0.736. The second kappa shape index (κ2) is 7.33. The van der Waals surface area contributed by atoms with Crippen molar-refractivity contribution in [3.63, 3.8) is 0 Å². The minimum atomic E-state index is 0.0910. The van der Waals surface area contributed by atoms with Crippen LogP contribution in [0.1, 0.15) is 36.9 Å². The maximum atomic E-state index is 12.7. The molecule has 0 spiro atoms. The van der Waals surface area contributed by atoms with E-state index in [2.05, 4.69) is 15.2 Å². The molecule has 1 atom stereocenters. The van der Waals surface area contributed by atoms with Crippen LogP contribution < -0.4 is 0 Å². The molecule has 1 aliphatic rings. The van der Waals surface area contributed by atoms with Gasteiger partial charge in [0.05, 0.1) is 23.0 Å². The van der Waals surface area contributed by atoms with Gasteiger partial charge in [-0.3, -0.25) is 9.89 Å². The number of oxazole rings is 1. The molecule has 2 aromatic heterocycles. The number of H-pyrrole nitrogens is 1. The lowest BCUT2D eigenvalue weighted by Gasteiger charge is -2.23. The Labute approximate surface area is 156 Å². The number of likely N-dealkylation sites (tertiary alicyclic amines) is 1. The molecule has 0 aliphatic carbocycles. The van der Waals surface area contributed by atoms with E-state index >= 15 is 0 Å². The van der Waals surface area contributed by atoms with Gasteiger partial charge in [0.1, 0.15) is 0 Å². The van der Waals surface area contributed by atoms with E-state index in [1.54, 1.807) is 12.4 Å². The van der Waals surface area contributed by atoms with Gasteiger partial charge in [0.15, 0.2) is 11.7 Å². The summed E-state index contributed by atoms with van der Waals surface area (Å²) in [6.07, 6.45) is 6.18. The number of nitrogens with zero attached hydrogens (tertiary/aromatic N) is 3. The molecular weight excluding hydrogens is 352 g/mol. The van der Waals surface area contributed by atoms with E-state index in [4.69, 9.17) is 16.0 Å². The summed E-state index contributed by atoms with van der Waals surface area (Å²) in [6, 6.07) is 9.49. The fraction of sp³-hybridized carbons (Fsp3) is 0.316. The zero-order chi connectivity index (χ0) is 17.9. The highest BCUT2D eigenvalue weighted by Crippen LogP contribution is 2.32. The molecule has 1 aromatic carbocycles. The Morgan fingerprint density at radius 2 is 2.23 bits per heavy atom. The summed E-state index contributed by atoms with van der Waals surface area (Å²) in [5.41, 5.74) is 1.80. The number of hydrogen-bond acceptors (Lipinski definition) is 4. The number of aryl methyl sites for hydroxylation is 1. The molecule has 3 heterocycles. The molecule has 26 heavy (non-hydrogen) atoms. The third-order valence-corrected chi connectivity index (χ3v) is 5.03. The largest absolute Gasteiger partial charge is 0.441 e. The van der Waals surface area contributed by atoms with Gasteiger partial charge in [0.25, 0.3) is 0 Å². The minimum absolute atomic E-state index is 0.0910. The molecule has 0 radical (unpaired) electrons. The van der Waals surface area contributed by atoms with E-state index in [1.165, 1.54) is 0 Å². The van der Waals surface area contributed by atoms with Gasteiger partial charge in [-0.2, -0.15) is 5.10 Å². The van der Waals surface area contributed by atoms with Crippen LogP contribution in [-0.4, -0.2) is 32.5 Å². The highest BCUT2D eigenvalue weighted by atomic mass is 35.5. The maximum Gasteiger partial charge on any atom is 0.223 e. The van der Waals surface area contributed by atoms with Crippen molar-refractivity contribution in [1.29, 1.82) is 0 Å². The van der Waals surface area contributed by atoms with Crippen molar-refractivity contribution in [1.82, 2.24) is 20.1 Å². The number of benzene rings is 1. The van der Waals surface area contributed by atoms with Crippen LogP contribution in [0.3, 0.4) is 0 Å². The number of aromatic nitrogens is 3. The van der Waals surface area contributed by atoms with Crippen LogP contribution in [0.15, 0.2) is 47.1 Å². The first-order valence-corrected chi connectivity index (χ1v) is 9.08. The first-order valence-electron chi connectivity index (χ1n) is 8.71. The Kier molecular flexibility index (Phi) is 4.75. The fourth-order valence-corrected chi connectivity index (χ4v) is 3.64. The van der Waals surface area contributed by atoms with Crippen molar-refractivity contribution in [2.24, 2.45) is 0 Å². The lowest BCUT2D eigenvalue weighted by Crippen LogP contribution is -2.30. The van der Waals surface area contributed by atoms with E-state index in [-0.39, 0.29) is 11.9 Å². The number of halogens is 1. The second-order valence-corrected chi connectivity index (χ2v) is 6.76. The van der Waals surface area contributed by atoms with E-state index in [0.717, 1.165) is 30.6 Å². The molecule has 0 saturated carbocycles. The monoisotopic (exact) mass is 370 g/mol. The van der Waals surface area contributed by atoms with Crippen LogP contribution in [0, 0.1) is 0 Å². The number of hydrogen-bond donors (Lipinski definition) is 1. The van der Waals surface area contributed by atoms with Crippen molar-refractivity contribution in [2.75, 3.05) is 6.54 Å². The van der Waals surface area contributed by atoms with Crippen molar-refractivity contribution in [3.8, 4) is 11.3 Å². The smallest absolute Gasteiger partial charge is 0.223 e. The molecule has 3 aromatic rings. The lowest BCUT2D eigenvalue weighted by molar-refractivity contribution is -0.132. The minimum Gasteiger partial charge on any atom is -0.441 e. The zero-order valence-electron chi connectivity index (χ0n) is 14.2. The van der Waals surface area contributed by atoms with Crippen molar-refractivity contribution < 1.29 is 9.21 Å². The summed E-state index contributed by atoms with van der Waals surface area (Å²) < 4.78 is 5.78. The highest BCUT2D eigenvalue weighted by molar-refractivity contribution is 6.33. The summed E-state index contributed by atoms with van der Waals surface area (Å²) in [5, 5.41) is 7.59. The Hall–Kier alpha value is -2.60. The lowest BCUT2D eigenvalue weighted by atomic mass is 10.1. The summed E-state index contributed by atoms with van der Waals surface area (Å²) >= 11 is 6.19. The van der Waals surface area contributed by atoms with Crippen LogP contribution in [0.4, 0.5) is 0 Å². The SMILES string of the molecule is O=C(CCc1ncc(-c2ccccc2Cl)o1)N1CCCC1c1ccn[nH]1. The normalized spacial score (nSPS) is 17.0. The first-order chi connectivity index (χ1) is 12.7. The van der Waals surface area contributed by atoms with Gasteiger partial charge in [-0.05, 0) is 31.0 Å². The van der Waals surface area contributed by atoms with E-state index < -0.39 is 0 Å². The van der Waals surface area contributed by atoms with Gasteiger partial charge in [-0.25, -0.2) is 4.98 Å². The van der Waals surface area contributed by atoms with Crippen LogP contribution in [0.25, 0.3) is 11.3 Å². The highest BCUT2D eigenvalue weighted by Gasteiger charge is 2.30. The summed E-state index contributed by atoms with van der Waals surface area (Å²) in [6.45, 7) is 0.777. The molecule has 1 amide bonds. The Balaban J connectivity index is 1.40. The average molecular weight is 371 g/mol. The second-order valence-electron chi connectivity index (χ2n) is 6.36. The molecule has 1 fully saturated rings. The predicted molar refractivity (Wildman–Crippen MR) is 97.5 cm³/mol. The number of carbonyl (C=O) groups is 1. The third-order valence-electron chi connectivity index (χ3n) is 4.70. The van der Waals surface area contributed by atoms with Gasteiger partial charge in [0, 0.05) is 31.1 Å². The van der Waals surface area contributed by atoms with Gasteiger partial charge in [0.2, 0.25) is 5.91 Å². The van der Waals surface area contributed by atoms with Crippen LogP contribution in [0.2, 0.25) is 5.02 Å². The third kappa shape index (κ3) is 3.37. The fourth-order valence-electron chi connectivity index (χ4n) is 3.41. The molecule has 1 unspecified atom stereocenters. The van der Waals surface area contributed by atoms with E-state index in [1.807, 2.05) is 35.2 Å². The van der Waals surface area contributed by atoms with Crippen LogP contribution in [0.5, 0.6) is 0 Å². The van der Waals surface area contributed by atoms with Crippen LogP contribution >= 0.6 is 11.6 Å². The summed E-state index contributed by atoms with van der Waals surface area (Å²) in [5.74, 6) is 1.28. The summed E-state index contributed by atoms with van der Waals surface area (Å²) in [7, 11) is 0. The zero-order valence-corrected chi connectivity index (χ0v) is 14.9. The average Bonchev–Trinajstić information content (AvgIpc) is 3.40. The number of nitrogens with one attached hydrogen (secondary N) is 1. The number of amides is 1. The Morgan fingerprint density at radius 3 is 3.04 bits per heavy atom. The Morgan fingerprint density at radius 1 is 1.35 bits per heavy atom. The van der Waals surface area contributed by atoms with E-state index in [9.17, 15) is 4.79 Å². The number of aromatic amines is 1. The van der Waals surface area contributed by atoms with Crippen LogP contribution in [-0.2, 0) is 11.2 Å². The number of carbonyl (C=O) groups excluding carboxylic acids is 1. The number of rotatable bonds is 5. The molecule has 134 valence electrons. The molecule has 6 nitrogen and oxygen atoms in total. The van der Waals surface area contributed by atoms with Crippen molar-refractivity contribution in [2.45, 2.75) is 31.7 Å². The van der Waals surface area contributed by atoms with Crippen molar-refractivity contribution in [3.05, 3.63) is 59.3 Å².